The zero-order valence-electron chi connectivity index (χ0n) is 28.6. The van der Waals surface area contributed by atoms with Gasteiger partial charge in [-0.1, -0.05) is 146 Å². The quantitative estimate of drug-likeness (QED) is 0.133. The number of fused-ring (bicyclic) bond motifs is 14. The molecule has 1 spiro atoms. The molecule has 2 aromatic heterocycles. The van der Waals surface area contributed by atoms with Crippen LogP contribution in [0.4, 0.5) is 22.7 Å². The fourth-order valence-corrected chi connectivity index (χ4v) is 15.5. The maximum atomic E-state index is 2.82. The molecule has 0 bridgehead atoms. The Morgan fingerprint density at radius 3 is 1.13 bits per heavy atom. The molecule has 0 saturated carbocycles. The lowest BCUT2D eigenvalue weighted by Gasteiger charge is -2.46. The first-order chi connectivity index (χ1) is 26.4. The van der Waals surface area contributed by atoms with Crippen LogP contribution >= 0.6 is 0 Å². The number of hydrogen-bond acceptors (Lipinski definition) is 2. The van der Waals surface area contributed by atoms with Crippen molar-refractivity contribution in [2.45, 2.75) is 0 Å². The van der Waals surface area contributed by atoms with Crippen molar-refractivity contribution in [1.29, 1.82) is 0 Å². The van der Waals surface area contributed by atoms with Gasteiger partial charge in [0.05, 0.1) is 22.4 Å². The maximum absolute atomic E-state index is 3.55. The molecule has 246 valence electrons. The minimum atomic E-state index is -3.55. The monoisotopic (exact) mass is 690 g/mol. The lowest BCUT2D eigenvalue weighted by atomic mass is 9.97. The molecule has 9 aromatic carbocycles. The Bertz CT molecular complexity index is 3140. The predicted octanol–water partition coefficient (Wildman–Crippen LogP) is 12.5. The van der Waals surface area contributed by atoms with E-state index in [2.05, 4.69) is 200 Å². The third-order valence-corrected chi connectivity index (χ3v) is 16.3. The SMILES string of the molecule is c1ccc(N2c3c(c4ccccc4c4ccccc34)N(c3ccccc3)[Si]23n2c4ccccc4c4ccc5ccc6c7ccccc7n3c6c5c42)cc1. The van der Waals surface area contributed by atoms with Crippen LogP contribution in [0.15, 0.2) is 182 Å². The molecule has 0 aliphatic carbocycles. The number of para-hydroxylation sites is 4. The van der Waals surface area contributed by atoms with Gasteiger partial charge in [-0.25, -0.2) is 0 Å². The van der Waals surface area contributed by atoms with Crippen LogP contribution in [0, 0.1) is 0 Å². The van der Waals surface area contributed by atoms with E-state index in [0.29, 0.717) is 0 Å². The van der Waals surface area contributed by atoms with Gasteiger partial charge in [-0.15, -0.1) is 0 Å². The van der Waals surface area contributed by atoms with Gasteiger partial charge in [-0.3, -0.25) is 0 Å². The summed E-state index contributed by atoms with van der Waals surface area (Å²) in [5.74, 6) is 0. The molecule has 13 rings (SSSR count). The highest BCUT2D eigenvalue weighted by Gasteiger charge is 2.64. The van der Waals surface area contributed by atoms with Crippen molar-refractivity contribution in [3.63, 3.8) is 0 Å². The average molecular weight is 691 g/mol. The van der Waals surface area contributed by atoms with Crippen molar-refractivity contribution >= 4 is 107 Å². The topological polar surface area (TPSA) is 16.3 Å². The van der Waals surface area contributed by atoms with E-state index < -0.39 is 8.72 Å². The summed E-state index contributed by atoms with van der Waals surface area (Å²) >= 11 is 0. The summed E-state index contributed by atoms with van der Waals surface area (Å²) in [4.78, 5) is 0. The number of aromatic nitrogens is 2. The molecule has 0 unspecified atom stereocenters. The van der Waals surface area contributed by atoms with Crippen molar-refractivity contribution in [3.05, 3.63) is 182 Å². The first-order valence-corrected chi connectivity index (χ1v) is 20.2. The molecule has 0 atom stereocenters. The van der Waals surface area contributed by atoms with Gasteiger partial charge in [-0.05, 0) is 52.6 Å². The number of nitrogens with zero attached hydrogens (tertiary/aromatic N) is 4. The molecule has 0 radical (unpaired) electrons. The molecule has 5 heteroatoms. The highest BCUT2D eigenvalue weighted by atomic mass is 28.4. The number of hydrogen-bond donors (Lipinski definition) is 0. The second-order valence-electron chi connectivity index (χ2n) is 14.5. The van der Waals surface area contributed by atoms with Crippen LogP contribution in [-0.2, 0) is 0 Å². The van der Waals surface area contributed by atoms with Gasteiger partial charge in [0.25, 0.3) is 0 Å². The van der Waals surface area contributed by atoms with Crippen molar-refractivity contribution in [2.75, 3.05) is 9.13 Å². The van der Waals surface area contributed by atoms with E-state index in [0.717, 1.165) is 0 Å². The second-order valence-corrected chi connectivity index (χ2v) is 17.4. The summed E-state index contributed by atoms with van der Waals surface area (Å²) < 4.78 is 11.2. The van der Waals surface area contributed by atoms with Crippen LogP contribution < -0.4 is 9.13 Å². The molecule has 4 nitrogen and oxygen atoms in total. The number of benzene rings is 9. The Labute approximate surface area is 305 Å². The van der Waals surface area contributed by atoms with Crippen molar-refractivity contribution in [2.24, 2.45) is 0 Å². The molecule has 0 N–H and O–H groups in total. The Morgan fingerprint density at radius 2 is 0.679 bits per heavy atom. The van der Waals surface area contributed by atoms with Crippen LogP contribution in [0.25, 0.3) is 75.9 Å². The van der Waals surface area contributed by atoms with Crippen LogP contribution in [0.2, 0.25) is 0 Å². The Hall–Kier alpha value is -6.82. The van der Waals surface area contributed by atoms with Gasteiger partial charge < -0.3 is 17.6 Å². The third kappa shape index (κ3) is 3.16. The Kier molecular flexibility index (Phi) is 5.11. The lowest BCUT2D eigenvalue weighted by molar-refractivity contribution is 1.03. The highest BCUT2D eigenvalue weighted by Crippen LogP contribution is 2.61. The van der Waals surface area contributed by atoms with Gasteiger partial charge in [-0.2, -0.15) is 0 Å². The second kappa shape index (κ2) is 9.73. The van der Waals surface area contributed by atoms with Crippen LogP contribution in [-0.4, -0.2) is 17.2 Å². The van der Waals surface area contributed by atoms with Gasteiger partial charge >= 0.3 is 8.72 Å². The molecule has 0 saturated heterocycles. The smallest absolute Gasteiger partial charge is 0.314 e. The summed E-state index contributed by atoms with van der Waals surface area (Å²) in [5.41, 5.74) is 10.0. The standard InChI is InChI=1S/C48H30N4Si/c1-3-15-32(16-4-1)49-47-38-23-9-7-19-34(38)35-20-8-10-24-39(35)48(47)50(33-17-5-2-6-18-33)53(49)51-42-25-13-11-21-36(42)40-29-27-31-28-30-41-37-22-12-14-26-43(37)52(53)46(41)44(31)45(40)51/h1-30H. The van der Waals surface area contributed by atoms with E-state index in [1.54, 1.807) is 0 Å². The number of anilines is 4. The van der Waals surface area contributed by atoms with Crippen molar-refractivity contribution in [1.82, 2.24) is 8.47 Å². The summed E-state index contributed by atoms with van der Waals surface area (Å²) in [6.07, 6.45) is 0. The maximum Gasteiger partial charge on any atom is 0.521 e. The first-order valence-electron chi connectivity index (χ1n) is 18.4. The summed E-state index contributed by atoms with van der Waals surface area (Å²) in [5, 5.41) is 12.8. The van der Waals surface area contributed by atoms with Gasteiger partial charge in [0.1, 0.15) is 0 Å². The van der Waals surface area contributed by atoms with Crippen LogP contribution in [0.3, 0.4) is 0 Å². The van der Waals surface area contributed by atoms with E-state index in [9.17, 15) is 0 Å². The molecule has 53 heavy (non-hydrogen) atoms. The van der Waals surface area contributed by atoms with Gasteiger partial charge in [0.2, 0.25) is 0 Å². The fraction of sp³-hybridized carbons (Fsp3) is 0. The molecule has 11 aromatic rings. The highest BCUT2D eigenvalue weighted by molar-refractivity contribution is 6.92. The normalized spacial score (nSPS) is 14.5. The largest absolute Gasteiger partial charge is 0.521 e. The van der Waals surface area contributed by atoms with E-state index in [1.165, 1.54) is 98.7 Å². The van der Waals surface area contributed by atoms with Crippen LogP contribution in [0.1, 0.15) is 0 Å². The van der Waals surface area contributed by atoms with Gasteiger partial charge in [0.15, 0.2) is 0 Å². The zero-order chi connectivity index (χ0) is 34.4. The molecule has 2 aliphatic rings. The predicted molar refractivity (Wildman–Crippen MR) is 225 cm³/mol. The summed E-state index contributed by atoms with van der Waals surface area (Å²) in [6, 6.07) is 68.1. The third-order valence-electron chi connectivity index (χ3n) is 12.0. The molecule has 2 aliphatic heterocycles. The molecule has 4 heterocycles. The average Bonchev–Trinajstić information content (AvgIpc) is 3.87. The van der Waals surface area contributed by atoms with Crippen LogP contribution in [0.5, 0.6) is 0 Å². The fourth-order valence-electron chi connectivity index (χ4n) is 10.2. The van der Waals surface area contributed by atoms with E-state index in [-0.39, 0.29) is 0 Å². The van der Waals surface area contributed by atoms with E-state index in [4.69, 9.17) is 0 Å². The summed E-state index contributed by atoms with van der Waals surface area (Å²) in [6.45, 7) is 0. The van der Waals surface area contributed by atoms with Crippen molar-refractivity contribution in [3.8, 4) is 0 Å². The summed E-state index contributed by atoms with van der Waals surface area (Å²) in [7, 11) is -3.55. The molecular formula is C48H30N4Si. The Balaban J connectivity index is 1.40. The van der Waals surface area contributed by atoms with Gasteiger partial charge in [0, 0.05) is 60.1 Å². The van der Waals surface area contributed by atoms with E-state index >= 15 is 0 Å². The minimum absolute atomic E-state index is 1.18. The minimum Gasteiger partial charge on any atom is -0.314 e. The lowest BCUT2D eigenvalue weighted by Crippen LogP contribution is -2.71. The molecule has 0 amide bonds. The Morgan fingerprint density at radius 1 is 0.302 bits per heavy atom. The van der Waals surface area contributed by atoms with E-state index in [1.807, 2.05) is 0 Å². The zero-order valence-corrected chi connectivity index (χ0v) is 29.6. The first kappa shape index (κ1) is 27.8. The van der Waals surface area contributed by atoms with Crippen molar-refractivity contribution < 1.29 is 0 Å². The molecular weight excluding hydrogens is 661 g/mol. The molecule has 0 fully saturated rings. The number of rotatable bonds is 2.